The van der Waals surface area contributed by atoms with Crippen molar-refractivity contribution in [2.45, 2.75) is 32.0 Å². The molecule has 0 bridgehead atoms. The highest BCUT2D eigenvalue weighted by Gasteiger charge is 2.20. The van der Waals surface area contributed by atoms with Gasteiger partial charge in [-0.05, 0) is 32.9 Å². The quantitative estimate of drug-likeness (QED) is 0.322. The second kappa shape index (κ2) is 8.49. The van der Waals surface area contributed by atoms with E-state index in [1.54, 1.807) is 7.11 Å². The summed E-state index contributed by atoms with van der Waals surface area (Å²) in [6, 6.07) is 10.0. The average Bonchev–Trinajstić information content (AvgIpc) is 3.43. The van der Waals surface area contributed by atoms with Crippen molar-refractivity contribution < 1.29 is 13.9 Å². The highest BCUT2D eigenvalue weighted by Crippen LogP contribution is 2.30. The third-order valence-electron chi connectivity index (χ3n) is 5.19. The van der Waals surface area contributed by atoms with Crippen LogP contribution in [-0.2, 0) is 4.74 Å². The summed E-state index contributed by atoms with van der Waals surface area (Å²) in [5, 5.41) is 9.65. The van der Waals surface area contributed by atoms with Gasteiger partial charge in [0.15, 0.2) is 5.78 Å². The molecule has 4 rings (SSSR count). The third-order valence-corrected chi connectivity index (χ3v) is 6.00. The molecule has 0 aliphatic rings. The number of aromatic nitrogens is 4. The average molecular weight is 425 g/mol. The Balaban J connectivity index is 1.47. The molecule has 1 N–H and O–H groups in total. The molecule has 156 valence electrons. The van der Waals surface area contributed by atoms with Gasteiger partial charge >= 0.3 is 0 Å². The number of carbonyl (C=O) groups is 1. The Kier molecular flexibility index (Phi) is 5.78. The second-order valence-corrected chi connectivity index (χ2v) is 8.22. The smallest absolute Gasteiger partial charge is 0.277 e. The summed E-state index contributed by atoms with van der Waals surface area (Å²) in [7, 11) is 1.68. The van der Waals surface area contributed by atoms with Crippen LogP contribution in [0.25, 0.3) is 22.4 Å². The van der Waals surface area contributed by atoms with Gasteiger partial charge in [0.05, 0.1) is 24.0 Å². The van der Waals surface area contributed by atoms with E-state index in [1.807, 2.05) is 50.4 Å². The van der Waals surface area contributed by atoms with Gasteiger partial charge in [0, 0.05) is 41.2 Å². The molecule has 0 spiro atoms. The molecule has 0 saturated heterocycles. The molecule has 3 aromatic heterocycles. The third kappa shape index (κ3) is 3.80. The zero-order valence-electron chi connectivity index (χ0n) is 17.4. The van der Waals surface area contributed by atoms with Gasteiger partial charge in [0.25, 0.3) is 11.1 Å². The van der Waals surface area contributed by atoms with E-state index in [2.05, 4.69) is 26.7 Å². The molecule has 1 atom stereocenters. The zero-order valence-corrected chi connectivity index (χ0v) is 18.2. The molecule has 8 heteroatoms. The Hall–Kier alpha value is -2.84. The molecule has 0 amide bonds. The first-order valence-corrected chi connectivity index (χ1v) is 10.7. The highest BCUT2D eigenvalue weighted by atomic mass is 32.2. The van der Waals surface area contributed by atoms with Crippen LogP contribution in [0.4, 0.5) is 0 Å². The van der Waals surface area contributed by atoms with Gasteiger partial charge in [0.1, 0.15) is 0 Å². The van der Waals surface area contributed by atoms with E-state index in [1.165, 1.54) is 11.8 Å². The standard InChI is InChI=1S/C22H24N4O3S/c1-13-9-17(15(3)26(13)14(2)11-28-4)20(27)12-30-22-25-24-21(29-22)18-10-23-19-8-6-5-7-16(18)19/h5-10,14,23H,11-12H2,1-4H3/t14-/m1/s1. The lowest BCUT2D eigenvalue weighted by Crippen LogP contribution is -2.14. The van der Waals surface area contributed by atoms with Crippen LogP contribution in [0.1, 0.15) is 34.7 Å². The number of fused-ring (bicyclic) bond motifs is 1. The van der Waals surface area contributed by atoms with Crippen molar-refractivity contribution in [2.75, 3.05) is 19.5 Å². The van der Waals surface area contributed by atoms with E-state index < -0.39 is 0 Å². The summed E-state index contributed by atoms with van der Waals surface area (Å²) in [6.45, 7) is 6.65. The number of aryl methyl sites for hydroxylation is 1. The molecule has 0 radical (unpaired) electrons. The van der Waals surface area contributed by atoms with Crippen molar-refractivity contribution >= 4 is 28.4 Å². The summed E-state index contributed by atoms with van der Waals surface area (Å²) in [5.74, 6) is 0.711. The minimum Gasteiger partial charge on any atom is -0.411 e. The maximum absolute atomic E-state index is 12.8. The van der Waals surface area contributed by atoms with Gasteiger partial charge in [-0.3, -0.25) is 4.79 Å². The number of hydrogen-bond acceptors (Lipinski definition) is 6. The fraction of sp³-hybridized carbons (Fsp3) is 0.318. The van der Waals surface area contributed by atoms with Gasteiger partial charge in [-0.25, -0.2) is 0 Å². The number of Topliss-reactive ketones (excluding diaryl/α,β-unsaturated/α-hetero) is 1. The Morgan fingerprint density at radius 2 is 2.10 bits per heavy atom. The Morgan fingerprint density at radius 3 is 2.90 bits per heavy atom. The summed E-state index contributed by atoms with van der Waals surface area (Å²) in [5.41, 5.74) is 4.58. The summed E-state index contributed by atoms with van der Waals surface area (Å²) in [6.07, 6.45) is 1.85. The molecule has 30 heavy (non-hydrogen) atoms. The second-order valence-electron chi connectivity index (χ2n) is 7.29. The molecule has 0 aliphatic heterocycles. The number of hydrogen-bond donors (Lipinski definition) is 1. The Labute approximate surface area is 178 Å². The highest BCUT2D eigenvalue weighted by molar-refractivity contribution is 7.99. The van der Waals surface area contributed by atoms with Crippen LogP contribution in [0.3, 0.4) is 0 Å². The normalized spacial score (nSPS) is 12.5. The van der Waals surface area contributed by atoms with E-state index in [-0.39, 0.29) is 17.6 Å². The van der Waals surface area contributed by atoms with E-state index in [4.69, 9.17) is 9.15 Å². The number of rotatable bonds is 8. The number of para-hydroxylation sites is 1. The van der Waals surface area contributed by atoms with Crippen molar-refractivity contribution in [1.82, 2.24) is 19.7 Å². The van der Waals surface area contributed by atoms with E-state index in [9.17, 15) is 4.79 Å². The van der Waals surface area contributed by atoms with Gasteiger partial charge in [-0.2, -0.15) is 0 Å². The maximum Gasteiger partial charge on any atom is 0.277 e. The molecule has 7 nitrogen and oxygen atoms in total. The fourth-order valence-corrected chi connectivity index (χ4v) is 4.53. The zero-order chi connectivity index (χ0) is 21.3. The predicted octanol–water partition coefficient (Wildman–Crippen LogP) is 4.82. The van der Waals surface area contributed by atoms with Gasteiger partial charge in [-0.1, -0.05) is 30.0 Å². The first-order valence-electron chi connectivity index (χ1n) is 9.73. The number of thioether (sulfide) groups is 1. The van der Waals surface area contributed by atoms with Crippen LogP contribution >= 0.6 is 11.8 Å². The number of carbonyl (C=O) groups excluding carboxylic acids is 1. The monoisotopic (exact) mass is 424 g/mol. The number of aromatic amines is 1. The number of nitrogens with one attached hydrogen (secondary N) is 1. The molecule has 1 aromatic carbocycles. The molecule has 3 heterocycles. The van der Waals surface area contributed by atoms with Crippen LogP contribution in [-0.4, -0.2) is 45.0 Å². The minimum atomic E-state index is 0.0378. The first-order chi connectivity index (χ1) is 14.5. The molecular formula is C22H24N4O3S. The lowest BCUT2D eigenvalue weighted by molar-refractivity contribution is 0.102. The number of benzene rings is 1. The molecule has 0 saturated carbocycles. The number of H-pyrrole nitrogens is 1. The van der Waals surface area contributed by atoms with Gasteiger partial charge < -0.3 is 18.7 Å². The summed E-state index contributed by atoms with van der Waals surface area (Å²) in [4.78, 5) is 16.0. The van der Waals surface area contributed by atoms with Crippen molar-refractivity contribution in [3.05, 3.63) is 53.5 Å². The van der Waals surface area contributed by atoms with Crippen molar-refractivity contribution in [3.8, 4) is 11.5 Å². The summed E-state index contributed by atoms with van der Waals surface area (Å²) >= 11 is 1.26. The lowest BCUT2D eigenvalue weighted by Gasteiger charge is -2.17. The molecular weight excluding hydrogens is 400 g/mol. The lowest BCUT2D eigenvalue weighted by atomic mass is 10.2. The van der Waals surface area contributed by atoms with Gasteiger partial charge in [0.2, 0.25) is 0 Å². The predicted molar refractivity (Wildman–Crippen MR) is 117 cm³/mol. The number of nitrogens with zero attached hydrogens (tertiary/aromatic N) is 3. The topological polar surface area (TPSA) is 85.9 Å². The number of ketones is 1. The van der Waals surface area contributed by atoms with E-state index in [0.29, 0.717) is 17.7 Å². The van der Waals surface area contributed by atoms with Crippen LogP contribution < -0.4 is 0 Å². The number of ether oxygens (including phenoxy) is 1. The largest absolute Gasteiger partial charge is 0.411 e. The molecule has 0 fully saturated rings. The van der Waals surface area contributed by atoms with Crippen molar-refractivity contribution in [1.29, 1.82) is 0 Å². The first kappa shape index (κ1) is 20.4. The maximum atomic E-state index is 12.8. The van der Waals surface area contributed by atoms with Crippen LogP contribution in [0.5, 0.6) is 0 Å². The van der Waals surface area contributed by atoms with Crippen LogP contribution in [0.15, 0.2) is 46.2 Å². The molecule has 0 unspecified atom stereocenters. The van der Waals surface area contributed by atoms with Crippen LogP contribution in [0.2, 0.25) is 0 Å². The van der Waals surface area contributed by atoms with E-state index >= 15 is 0 Å². The summed E-state index contributed by atoms with van der Waals surface area (Å²) < 4.78 is 13.2. The SMILES string of the molecule is COC[C@@H](C)n1c(C)cc(C(=O)CSc2nnc(-c3c[nH]c4ccccc34)o2)c1C. The van der Waals surface area contributed by atoms with E-state index in [0.717, 1.165) is 33.4 Å². The van der Waals surface area contributed by atoms with Crippen LogP contribution in [0, 0.1) is 13.8 Å². The number of methoxy groups -OCH3 is 1. The van der Waals surface area contributed by atoms with Gasteiger partial charge in [-0.15, -0.1) is 10.2 Å². The molecule has 0 aliphatic carbocycles. The Morgan fingerprint density at radius 1 is 1.30 bits per heavy atom. The van der Waals surface area contributed by atoms with Crippen molar-refractivity contribution in [3.63, 3.8) is 0 Å². The fourth-order valence-electron chi connectivity index (χ4n) is 3.88. The Bertz CT molecular complexity index is 1190. The minimum absolute atomic E-state index is 0.0378. The van der Waals surface area contributed by atoms with Crippen molar-refractivity contribution in [2.24, 2.45) is 0 Å². The molecule has 4 aromatic rings.